The molecule has 1 amide bonds. The molecule has 0 unspecified atom stereocenters. The van der Waals surface area contributed by atoms with Crippen molar-refractivity contribution in [2.24, 2.45) is 0 Å². The Morgan fingerprint density at radius 1 is 1.30 bits per heavy atom. The normalized spacial score (nSPS) is 16.8. The molecule has 33 heavy (non-hydrogen) atoms. The number of halogens is 2. The second kappa shape index (κ2) is 8.26. The van der Waals surface area contributed by atoms with Crippen LogP contribution in [0.2, 0.25) is 0 Å². The van der Waals surface area contributed by atoms with Crippen LogP contribution in [-0.2, 0) is 11.3 Å². The molecule has 1 aromatic carbocycles. The largest absolute Gasteiger partial charge is 0.479 e. The van der Waals surface area contributed by atoms with Crippen LogP contribution in [0.25, 0.3) is 27.7 Å². The maximum absolute atomic E-state index is 12.9. The van der Waals surface area contributed by atoms with Crippen molar-refractivity contribution in [3.8, 4) is 17.0 Å². The number of ether oxygens (including phenoxy) is 1. The Labute approximate surface area is 187 Å². The monoisotopic (exact) mass is 456 g/mol. The predicted molar refractivity (Wildman–Crippen MR) is 116 cm³/mol. The summed E-state index contributed by atoms with van der Waals surface area (Å²) < 4.78 is 34.2. The first-order valence-electron chi connectivity index (χ1n) is 10.5. The van der Waals surface area contributed by atoms with E-state index in [9.17, 15) is 13.6 Å². The van der Waals surface area contributed by atoms with Crippen molar-refractivity contribution in [2.75, 3.05) is 26.0 Å². The van der Waals surface area contributed by atoms with E-state index in [1.807, 2.05) is 12.1 Å². The van der Waals surface area contributed by atoms with Gasteiger partial charge in [-0.25, -0.2) is 18.0 Å². The quantitative estimate of drug-likeness (QED) is 0.475. The van der Waals surface area contributed by atoms with Crippen molar-refractivity contribution in [3.05, 3.63) is 30.5 Å². The predicted octanol–water partition coefficient (Wildman–Crippen LogP) is 2.45. The van der Waals surface area contributed by atoms with Gasteiger partial charge in [-0.2, -0.15) is 4.98 Å². The Morgan fingerprint density at radius 3 is 2.94 bits per heavy atom. The zero-order chi connectivity index (χ0) is 23.1. The maximum Gasteiger partial charge on any atom is 0.258 e. The molecule has 3 aromatic heterocycles. The Balaban J connectivity index is 1.53. The number of anilines is 1. The number of nitrogens with zero attached hydrogens (tertiary/aromatic N) is 7. The molecule has 10 nitrogen and oxygen atoms in total. The first kappa shape index (κ1) is 21.0. The summed E-state index contributed by atoms with van der Waals surface area (Å²) in [5, 5.41) is 15.4. The zero-order valence-corrected chi connectivity index (χ0v) is 18.1. The van der Waals surface area contributed by atoms with Gasteiger partial charge in [0, 0.05) is 25.4 Å². The minimum atomic E-state index is -2.54. The summed E-state index contributed by atoms with van der Waals surface area (Å²) in [6.07, 6.45) is 0.814. The van der Waals surface area contributed by atoms with Gasteiger partial charge in [-0.3, -0.25) is 4.79 Å². The third-order valence-electron chi connectivity index (χ3n) is 5.77. The van der Waals surface area contributed by atoms with Gasteiger partial charge in [0.1, 0.15) is 23.6 Å². The molecule has 0 bridgehead atoms. The van der Waals surface area contributed by atoms with Gasteiger partial charge in [-0.05, 0) is 36.6 Å². The smallest absolute Gasteiger partial charge is 0.258 e. The molecule has 172 valence electrons. The minimum Gasteiger partial charge on any atom is -0.479 e. The lowest BCUT2D eigenvalue weighted by Crippen LogP contribution is -2.45. The molecule has 1 fully saturated rings. The van der Waals surface area contributed by atoms with Gasteiger partial charge in [0.25, 0.3) is 6.43 Å². The molecule has 0 radical (unpaired) electrons. The third kappa shape index (κ3) is 3.81. The summed E-state index contributed by atoms with van der Waals surface area (Å²) in [5.74, 6) is 0.604. The SMILES string of the molecule is COc1nc(N[C@@H]2CCCN(C)C2=O)nn2ccc(-c3ccc4nnn(CC(F)F)c4c3)c12. The van der Waals surface area contributed by atoms with Gasteiger partial charge in [0.2, 0.25) is 17.7 Å². The molecule has 4 heterocycles. The number of nitrogens with one attached hydrogen (secondary N) is 1. The molecule has 1 aliphatic rings. The van der Waals surface area contributed by atoms with Crippen molar-refractivity contribution < 1.29 is 18.3 Å². The molecule has 5 rings (SSSR count). The third-order valence-corrected chi connectivity index (χ3v) is 5.77. The van der Waals surface area contributed by atoms with E-state index in [1.165, 1.54) is 11.8 Å². The van der Waals surface area contributed by atoms with Crippen LogP contribution in [-0.4, -0.2) is 73.6 Å². The summed E-state index contributed by atoms with van der Waals surface area (Å²) in [5.41, 5.74) is 3.17. The van der Waals surface area contributed by atoms with Gasteiger partial charge < -0.3 is 15.0 Å². The maximum atomic E-state index is 12.9. The summed E-state index contributed by atoms with van der Waals surface area (Å²) in [7, 11) is 3.28. The van der Waals surface area contributed by atoms with Crippen LogP contribution in [0.3, 0.4) is 0 Å². The summed E-state index contributed by atoms with van der Waals surface area (Å²) in [6, 6.07) is 6.78. The number of hydrogen-bond acceptors (Lipinski definition) is 7. The van der Waals surface area contributed by atoms with Gasteiger partial charge in [0.15, 0.2) is 0 Å². The van der Waals surface area contributed by atoms with Gasteiger partial charge in [0.05, 0.1) is 12.6 Å². The fourth-order valence-corrected chi connectivity index (χ4v) is 4.15. The Kier molecular flexibility index (Phi) is 5.27. The van der Waals surface area contributed by atoms with E-state index in [1.54, 1.807) is 34.8 Å². The molecular formula is C21H22F2N8O2. The van der Waals surface area contributed by atoms with Crippen LogP contribution < -0.4 is 10.1 Å². The number of fused-ring (bicyclic) bond motifs is 2. The number of likely N-dealkylation sites (N-methyl/N-ethyl adjacent to an activating group) is 1. The van der Waals surface area contributed by atoms with Crippen LogP contribution >= 0.6 is 0 Å². The molecule has 0 saturated carbocycles. The number of alkyl halides is 2. The van der Waals surface area contributed by atoms with Crippen molar-refractivity contribution in [1.29, 1.82) is 0 Å². The van der Waals surface area contributed by atoms with Crippen LogP contribution in [0, 0.1) is 0 Å². The standard InChI is InChI=1S/C21H22F2N8O2/c1-29-8-3-4-15(20(29)32)24-21-25-19(33-2)18-13(7-9-30(18)27-21)12-5-6-14-16(10-12)31(28-26-14)11-17(22)23/h5-7,9-10,15,17H,3-4,8,11H2,1-2H3,(H,24,27)/t15-/m1/s1. The second-order valence-corrected chi connectivity index (χ2v) is 7.93. The van der Waals surface area contributed by atoms with Crippen LogP contribution in [0.1, 0.15) is 12.8 Å². The lowest BCUT2D eigenvalue weighted by molar-refractivity contribution is -0.132. The van der Waals surface area contributed by atoms with Crippen LogP contribution in [0.15, 0.2) is 30.5 Å². The first-order valence-corrected chi connectivity index (χ1v) is 10.5. The van der Waals surface area contributed by atoms with E-state index in [4.69, 9.17) is 4.74 Å². The average molecular weight is 456 g/mol. The molecule has 1 N–H and O–H groups in total. The number of amides is 1. The average Bonchev–Trinajstić information content (AvgIpc) is 3.40. The minimum absolute atomic E-state index is 0.000528. The molecule has 12 heteroatoms. The number of rotatable bonds is 6. The number of piperidine rings is 1. The number of methoxy groups -OCH3 is 1. The topological polar surface area (TPSA) is 102 Å². The number of benzene rings is 1. The van der Waals surface area contributed by atoms with E-state index < -0.39 is 19.0 Å². The first-order chi connectivity index (χ1) is 15.9. The molecule has 0 aliphatic carbocycles. The lowest BCUT2D eigenvalue weighted by Gasteiger charge is -2.29. The fraction of sp³-hybridized carbons (Fsp3) is 0.381. The van der Waals surface area contributed by atoms with Crippen LogP contribution in [0.4, 0.5) is 14.7 Å². The Hall–Kier alpha value is -3.83. The van der Waals surface area contributed by atoms with E-state index in [2.05, 4.69) is 25.7 Å². The Bertz CT molecular complexity index is 1330. The van der Waals surface area contributed by atoms with E-state index in [-0.39, 0.29) is 11.9 Å². The molecule has 1 atom stereocenters. The summed E-state index contributed by atoms with van der Waals surface area (Å²) >= 11 is 0. The molecule has 0 spiro atoms. The van der Waals surface area contributed by atoms with Crippen molar-refractivity contribution in [3.63, 3.8) is 0 Å². The second-order valence-electron chi connectivity index (χ2n) is 7.93. The molecular weight excluding hydrogens is 434 g/mol. The van der Waals surface area contributed by atoms with E-state index in [0.29, 0.717) is 28.9 Å². The van der Waals surface area contributed by atoms with E-state index in [0.717, 1.165) is 24.1 Å². The highest BCUT2D eigenvalue weighted by Gasteiger charge is 2.27. The fourth-order valence-electron chi connectivity index (χ4n) is 4.15. The highest BCUT2D eigenvalue weighted by Crippen LogP contribution is 2.33. The van der Waals surface area contributed by atoms with Gasteiger partial charge in [-0.1, -0.05) is 11.3 Å². The number of hydrogen-bond donors (Lipinski definition) is 1. The lowest BCUT2D eigenvalue weighted by atomic mass is 10.1. The van der Waals surface area contributed by atoms with Gasteiger partial charge >= 0.3 is 0 Å². The highest BCUT2D eigenvalue weighted by atomic mass is 19.3. The summed E-state index contributed by atoms with van der Waals surface area (Å²) in [6.45, 7) is 0.199. The zero-order valence-electron chi connectivity index (χ0n) is 18.1. The van der Waals surface area contributed by atoms with Gasteiger partial charge in [-0.15, -0.1) is 10.2 Å². The van der Waals surface area contributed by atoms with Crippen molar-refractivity contribution in [2.45, 2.75) is 31.9 Å². The summed E-state index contributed by atoms with van der Waals surface area (Å²) in [4.78, 5) is 18.6. The number of carbonyl (C=O) groups excluding carboxylic acids is 1. The molecule has 1 aliphatic heterocycles. The molecule has 1 saturated heterocycles. The number of aromatic nitrogens is 6. The van der Waals surface area contributed by atoms with Crippen LogP contribution in [0.5, 0.6) is 5.88 Å². The number of likely N-dealkylation sites (tertiary alicyclic amines) is 1. The Morgan fingerprint density at radius 2 is 2.15 bits per heavy atom. The van der Waals surface area contributed by atoms with Crippen molar-refractivity contribution >= 4 is 28.4 Å². The highest BCUT2D eigenvalue weighted by molar-refractivity contribution is 5.89. The van der Waals surface area contributed by atoms with Crippen molar-refractivity contribution in [1.82, 2.24) is 34.5 Å². The number of carbonyl (C=O) groups is 1. The molecule has 4 aromatic rings. The van der Waals surface area contributed by atoms with E-state index >= 15 is 0 Å².